The maximum Gasteiger partial charge on any atom is 0.295 e. The van der Waals surface area contributed by atoms with Crippen LogP contribution in [0.15, 0.2) is 54.4 Å². The molecular weight excluding hydrogens is 382 g/mol. The summed E-state index contributed by atoms with van der Waals surface area (Å²) >= 11 is 0. The van der Waals surface area contributed by atoms with Crippen molar-refractivity contribution in [2.24, 2.45) is 0 Å². The van der Waals surface area contributed by atoms with E-state index in [0.717, 1.165) is 24.2 Å². The number of benzene rings is 1. The second-order valence-electron chi connectivity index (χ2n) is 7.59. The standard InChI is InChI=1S/C23H25N3O4/c1-16-2-4-17(5-3-16)20-19(21(27)18-6-8-24-9-7-18)22(28)23(29)26(20)11-10-25-12-14-30-15-13-25/h2-9,20,27H,10-15H2,1H3. The molecule has 2 saturated heterocycles. The van der Waals surface area contributed by atoms with Crippen molar-refractivity contribution >= 4 is 17.4 Å². The summed E-state index contributed by atoms with van der Waals surface area (Å²) in [6.07, 6.45) is 3.09. The Morgan fingerprint density at radius 2 is 1.73 bits per heavy atom. The Bertz CT molecular complexity index is 950. The summed E-state index contributed by atoms with van der Waals surface area (Å²) in [5, 5.41) is 11.0. The predicted octanol–water partition coefficient (Wildman–Crippen LogP) is 2.14. The van der Waals surface area contributed by atoms with Crippen LogP contribution in [0.1, 0.15) is 22.7 Å². The quantitative estimate of drug-likeness (QED) is 0.465. The average molecular weight is 407 g/mol. The van der Waals surface area contributed by atoms with Crippen LogP contribution in [0.3, 0.4) is 0 Å². The number of pyridine rings is 1. The Hall–Kier alpha value is -3.03. The van der Waals surface area contributed by atoms with E-state index in [-0.39, 0.29) is 11.3 Å². The van der Waals surface area contributed by atoms with Crippen LogP contribution in [0.2, 0.25) is 0 Å². The lowest BCUT2D eigenvalue weighted by molar-refractivity contribution is -0.140. The topological polar surface area (TPSA) is 83.0 Å². The van der Waals surface area contributed by atoms with Crippen LogP contribution in [-0.4, -0.2) is 71.0 Å². The number of aromatic nitrogens is 1. The van der Waals surface area contributed by atoms with E-state index in [0.29, 0.717) is 31.9 Å². The number of aliphatic hydroxyl groups is 1. The molecule has 0 aliphatic carbocycles. The van der Waals surface area contributed by atoms with Gasteiger partial charge < -0.3 is 14.7 Å². The van der Waals surface area contributed by atoms with Crippen LogP contribution < -0.4 is 0 Å². The Kier molecular flexibility index (Phi) is 5.92. The Labute approximate surface area is 175 Å². The molecule has 1 N–H and O–H groups in total. The molecule has 0 radical (unpaired) electrons. The van der Waals surface area contributed by atoms with Gasteiger partial charge >= 0.3 is 0 Å². The molecule has 4 rings (SSSR count). The van der Waals surface area contributed by atoms with Crippen molar-refractivity contribution < 1.29 is 19.4 Å². The molecule has 1 atom stereocenters. The lowest BCUT2D eigenvalue weighted by Gasteiger charge is -2.31. The van der Waals surface area contributed by atoms with Gasteiger partial charge in [-0.2, -0.15) is 0 Å². The van der Waals surface area contributed by atoms with Crippen LogP contribution in [0.5, 0.6) is 0 Å². The molecule has 7 heteroatoms. The van der Waals surface area contributed by atoms with E-state index in [2.05, 4.69) is 9.88 Å². The highest BCUT2D eigenvalue weighted by Gasteiger charge is 2.46. The minimum Gasteiger partial charge on any atom is -0.507 e. The Morgan fingerprint density at radius 1 is 1.07 bits per heavy atom. The van der Waals surface area contributed by atoms with E-state index in [1.807, 2.05) is 31.2 Å². The highest BCUT2D eigenvalue weighted by atomic mass is 16.5. The maximum absolute atomic E-state index is 13.0. The molecule has 2 fully saturated rings. The first-order chi connectivity index (χ1) is 14.6. The van der Waals surface area contributed by atoms with Crippen molar-refractivity contribution in [1.29, 1.82) is 0 Å². The molecular formula is C23H25N3O4. The highest BCUT2D eigenvalue weighted by Crippen LogP contribution is 2.39. The number of Topliss-reactive ketones (excluding diaryl/α,β-unsaturated/α-hetero) is 1. The fraction of sp³-hybridized carbons (Fsp3) is 0.348. The van der Waals surface area contributed by atoms with E-state index in [4.69, 9.17) is 4.74 Å². The molecule has 0 spiro atoms. The van der Waals surface area contributed by atoms with Gasteiger partial charge in [-0.1, -0.05) is 29.8 Å². The molecule has 7 nitrogen and oxygen atoms in total. The first-order valence-corrected chi connectivity index (χ1v) is 10.1. The smallest absolute Gasteiger partial charge is 0.295 e. The van der Waals surface area contributed by atoms with Gasteiger partial charge in [0.1, 0.15) is 5.76 Å². The molecule has 1 unspecified atom stereocenters. The van der Waals surface area contributed by atoms with Crippen molar-refractivity contribution in [2.75, 3.05) is 39.4 Å². The summed E-state index contributed by atoms with van der Waals surface area (Å²) in [5.41, 5.74) is 2.47. The van der Waals surface area contributed by atoms with Gasteiger partial charge in [0.15, 0.2) is 0 Å². The van der Waals surface area contributed by atoms with E-state index in [1.54, 1.807) is 29.4 Å². The van der Waals surface area contributed by atoms with E-state index in [9.17, 15) is 14.7 Å². The predicted molar refractivity (Wildman–Crippen MR) is 112 cm³/mol. The van der Waals surface area contributed by atoms with Gasteiger partial charge in [0.05, 0.1) is 24.8 Å². The number of aliphatic hydroxyl groups excluding tert-OH is 1. The molecule has 2 aliphatic rings. The number of morpholine rings is 1. The number of ether oxygens (including phenoxy) is 1. The first kappa shape index (κ1) is 20.3. The van der Waals surface area contributed by atoms with Gasteiger partial charge in [-0.05, 0) is 24.6 Å². The minimum atomic E-state index is -0.656. The lowest BCUT2D eigenvalue weighted by atomic mass is 9.95. The molecule has 2 aromatic rings. The van der Waals surface area contributed by atoms with Crippen LogP contribution in [0.4, 0.5) is 0 Å². The molecule has 0 saturated carbocycles. The average Bonchev–Trinajstić information content (AvgIpc) is 3.04. The van der Waals surface area contributed by atoms with Gasteiger partial charge in [0, 0.05) is 44.1 Å². The number of hydrogen-bond donors (Lipinski definition) is 1. The third kappa shape index (κ3) is 3.99. The number of aryl methyl sites for hydroxylation is 1. The first-order valence-electron chi connectivity index (χ1n) is 10.1. The summed E-state index contributed by atoms with van der Waals surface area (Å²) in [4.78, 5) is 33.7. The third-order valence-corrected chi connectivity index (χ3v) is 5.65. The van der Waals surface area contributed by atoms with Gasteiger partial charge in [-0.25, -0.2) is 0 Å². The largest absolute Gasteiger partial charge is 0.507 e. The van der Waals surface area contributed by atoms with Gasteiger partial charge in [-0.15, -0.1) is 0 Å². The molecule has 0 bridgehead atoms. The van der Waals surface area contributed by atoms with Crippen LogP contribution >= 0.6 is 0 Å². The molecule has 1 aromatic heterocycles. The Balaban J connectivity index is 1.72. The molecule has 1 aromatic carbocycles. The number of rotatable bonds is 5. The zero-order valence-electron chi connectivity index (χ0n) is 17.0. The maximum atomic E-state index is 13.0. The van der Waals surface area contributed by atoms with Crippen molar-refractivity contribution in [3.8, 4) is 0 Å². The minimum absolute atomic E-state index is 0.122. The fourth-order valence-electron chi connectivity index (χ4n) is 3.95. The Morgan fingerprint density at radius 3 is 2.40 bits per heavy atom. The van der Waals surface area contributed by atoms with Gasteiger partial charge in [0.25, 0.3) is 11.7 Å². The normalized spacial score (nSPS) is 21.9. The van der Waals surface area contributed by atoms with Crippen molar-refractivity contribution in [2.45, 2.75) is 13.0 Å². The number of hydrogen-bond acceptors (Lipinski definition) is 6. The zero-order valence-corrected chi connectivity index (χ0v) is 17.0. The summed E-state index contributed by atoms with van der Waals surface area (Å²) < 4.78 is 5.39. The van der Waals surface area contributed by atoms with Crippen molar-refractivity contribution in [3.63, 3.8) is 0 Å². The van der Waals surface area contributed by atoms with E-state index >= 15 is 0 Å². The number of likely N-dealkylation sites (tertiary alicyclic amines) is 1. The van der Waals surface area contributed by atoms with Gasteiger partial charge in [0.2, 0.25) is 0 Å². The summed E-state index contributed by atoms with van der Waals surface area (Å²) in [6, 6.07) is 10.3. The number of ketones is 1. The summed E-state index contributed by atoms with van der Waals surface area (Å²) in [7, 11) is 0. The second kappa shape index (κ2) is 8.77. The molecule has 30 heavy (non-hydrogen) atoms. The summed E-state index contributed by atoms with van der Waals surface area (Å²) in [5.74, 6) is -1.41. The monoisotopic (exact) mass is 407 g/mol. The third-order valence-electron chi connectivity index (χ3n) is 5.65. The molecule has 156 valence electrons. The molecule has 2 aliphatic heterocycles. The van der Waals surface area contributed by atoms with Gasteiger partial charge in [-0.3, -0.25) is 19.5 Å². The van der Waals surface area contributed by atoms with E-state index in [1.165, 1.54) is 0 Å². The number of carbonyl (C=O) groups is 2. The van der Waals surface area contributed by atoms with E-state index < -0.39 is 17.7 Å². The summed E-state index contributed by atoms with van der Waals surface area (Å²) in [6.45, 7) is 5.97. The number of nitrogens with zero attached hydrogens (tertiary/aromatic N) is 3. The van der Waals surface area contributed by atoms with Crippen molar-refractivity contribution in [3.05, 3.63) is 71.1 Å². The second-order valence-corrected chi connectivity index (χ2v) is 7.59. The van der Waals surface area contributed by atoms with Crippen molar-refractivity contribution in [1.82, 2.24) is 14.8 Å². The van der Waals surface area contributed by atoms with Crippen LogP contribution in [-0.2, 0) is 14.3 Å². The van der Waals surface area contributed by atoms with Crippen LogP contribution in [0.25, 0.3) is 5.76 Å². The zero-order chi connectivity index (χ0) is 21.1. The number of amides is 1. The fourth-order valence-corrected chi connectivity index (χ4v) is 3.95. The lowest BCUT2D eigenvalue weighted by Crippen LogP contribution is -2.42. The van der Waals surface area contributed by atoms with Crippen LogP contribution in [0, 0.1) is 6.92 Å². The molecule has 1 amide bonds. The SMILES string of the molecule is Cc1ccc(C2C(=C(O)c3ccncc3)C(=O)C(=O)N2CCN2CCOCC2)cc1. The highest BCUT2D eigenvalue weighted by molar-refractivity contribution is 6.46. The molecule has 3 heterocycles. The number of carbonyl (C=O) groups excluding carboxylic acids is 2.